The van der Waals surface area contributed by atoms with E-state index in [1.165, 1.54) is 31.3 Å². The van der Waals surface area contributed by atoms with Gasteiger partial charge in [0, 0.05) is 18.4 Å². The zero-order valence-corrected chi connectivity index (χ0v) is 17.2. The number of aromatic nitrogens is 3. The fraction of sp³-hybridized carbons (Fsp3) is 0.250. The highest BCUT2D eigenvalue weighted by atomic mass is 32.2. The largest absolute Gasteiger partial charge is 0.489 e. The summed E-state index contributed by atoms with van der Waals surface area (Å²) in [5.74, 6) is 0.186. The van der Waals surface area contributed by atoms with Gasteiger partial charge in [-0.2, -0.15) is 18.3 Å². The Kier molecular flexibility index (Phi) is 7.53. The molecule has 3 aromatic rings. The van der Waals surface area contributed by atoms with Crippen LogP contribution < -0.4 is 10.1 Å². The van der Waals surface area contributed by atoms with Gasteiger partial charge in [0.25, 0.3) is 5.91 Å². The van der Waals surface area contributed by atoms with Crippen LogP contribution in [0.25, 0.3) is 0 Å². The second-order valence-electron chi connectivity index (χ2n) is 6.28. The highest BCUT2D eigenvalue weighted by Crippen LogP contribution is 2.35. The van der Waals surface area contributed by atoms with Crippen molar-refractivity contribution < 1.29 is 27.4 Å². The molecule has 0 saturated heterocycles. The molecule has 2 aromatic carbocycles. The summed E-state index contributed by atoms with van der Waals surface area (Å²) in [5, 5.41) is 9.69. The molecule has 0 bridgehead atoms. The van der Waals surface area contributed by atoms with Crippen molar-refractivity contribution in [1.29, 1.82) is 0 Å². The van der Waals surface area contributed by atoms with Gasteiger partial charge in [0.1, 0.15) is 18.7 Å². The van der Waals surface area contributed by atoms with Gasteiger partial charge in [-0.3, -0.25) is 9.89 Å². The molecule has 0 fully saturated rings. The van der Waals surface area contributed by atoms with Gasteiger partial charge in [-0.1, -0.05) is 23.9 Å². The summed E-state index contributed by atoms with van der Waals surface area (Å²) in [5.41, 5.74) is 0.289. The van der Waals surface area contributed by atoms with E-state index >= 15 is 0 Å². The number of carbonyl (C=O) groups excluding carboxylic acids is 1. The Bertz CT molecular complexity index is 996. The number of alkyl halides is 3. The summed E-state index contributed by atoms with van der Waals surface area (Å²) in [4.78, 5) is 16.6. The van der Waals surface area contributed by atoms with E-state index in [1.807, 2.05) is 0 Å². The standard InChI is InChI=1S/C20H19F3N4O3S/c1-29-8-9-30-17-7-6-15(20(21,22)23)10-16(17)26-18(28)14-4-2-13(3-5-14)11-31-19-24-12-25-27-19/h2-7,10,12H,8-9,11H2,1H3,(H,26,28)(H,24,25,27). The number of anilines is 1. The Morgan fingerprint density at radius 3 is 2.58 bits per heavy atom. The number of H-pyrrole nitrogens is 1. The second-order valence-corrected chi connectivity index (χ2v) is 7.24. The number of hydrogen-bond donors (Lipinski definition) is 2. The first-order valence-corrected chi connectivity index (χ1v) is 10.1. The lowest BCUT2D eigenvalue weighted by atomic mass is 10.1. The summed E-state index contributed by atoms with van der Waals surface area (Å²) in [6.45, 7) is 0.379. The molecule has 0 aliphatic heterocycles. The smallest absolute Gasteiger partial charge is 0.416 e. The van der Waals surface area contributed by atoms with Gasteiger partial charge in [-0.15, -0.1) is 0 Å². The van der Waals surface area contributed by atoms with E-state index in [4.69, 9.17) is 9.47 Å². The van der Waals surface area contributed by atoms with Crippen LogP contribution in [0.2, 0.25) is 0 Å². The molecule has 0 saturated carbocycles. The topological polar surface area (TPSA) is 89.1 Å². The fourth-order valence-corrected chi connectivity index (χ4v) is 3.26. The van der Waals surface area contributed by atoms with E-state index < -0.39 is 17.6 Å². The third-order valence-electron chi connectivity index (χ3n) is 4.08. The summed E-state index contributed by atoms with van der Waals surface area (Å²) in [6.07, 6.45) is -3.13. The van der Waals surface area contributed by atoms with Crippen LogP contribution in [-0.4, -0.2) is 41.4 Å². The first kappa shape index (κ1) is 22.6. The molecule has 1 amide bonds. The quantitative estimate of drug-likeness (QED) is 0.370. The Hall–Kier alpha value is -3.05. The number of methoxy groups -OCH3 is 1. The molecule has 0 unspecified atom stereocenters. The van der Waals surface area contributed by atoms with E-state index in [0.29, 0.717) is 16.5 Å². The summed E-state index contributed by atoms with van der Waals surface area (Å²) in [7, 11) is 1.48. The molecule has 1 heterocycles. The lowest BCUT2D eigenvalue weighted by Gasteiger charge is -2.15. The number of carbonyl (C=O) groups is 1. The van der Waals surface area contributed by atoms with Crippen molar-refractivity contribution in [3.05, 3.63) is 65.5 Å². The van der Waals surface area contributed by atoms with Crippen LogP contribution in [0.15, 0.2) is 53.9 Å². The summed E-state index contributed by atoms with van der Waals surface area (Å²) >= 11 is 1.45. The molecule has 7 nitrogen and oxygen atoms in total. The van der Waals surface area contributed by atoms with Crippen molar-refractivity contribution in [2.24, 2.45) is 0 Å². The van der Waals surface area contributed by atoms with Crippen molar-refractivity contribution in [2.45, 2.75) is 17.1 Å². The maximum absolute atomic E-state index is 13.1. The number of nitrogens with zero attached hydrogens (tertiary/aromatic N) is 2. The molecule has 3 rings (SSSR count). The lowest BCUT2D eigenvalue weighted by molar-refractivity contribution is -0.137. The zero-order chi connectivity index (χ0) is 22.3. The molecule has 0 radical (unpaired) electrons. The molecule has 1 aromatic heterocycles. The third kappa shape index (κ3) is 6.46. The number of ether oxygens (including phenoxy) is 2. The van der Waals surface area contributed by atoms with Crippen LogP contribution in [0, 0.1) is 0 Å². The number of amides is 1. The van der Waals surface area contributed by atoms with Gasteiger partial charge >= 0.3 is 6.18 Å². The first-order valence-electron chi connectivity index (χ1n) is 9.08. The van der Waals surface area contributed by atoms with Gasteiger partial charge in [0.05, 0.1) is 17.9 Å². The first-order chi connectivity index (χ1) is 14.9. The van der Waals surface area contributed by atoms with Gasteiger partial charge in [-0.05, 0) is 35.9 Å². The summed E-state index contributed by atoms with van der Waals surface area (Å²) in [6, 6.07) is 9.66. The van der Waals surface area contributed by atoms with Crippen LogP contribution in [0.1, 0.15) is 21.5 Å². The predicted molar refractivity (Wildman–Crippen MR) is 109 cm³/mol. The van der Waals surface area contributed by atoms with E-state index in [9.17, 15) is 18.0 Å². The van der Waals surface area contributed by atoms with Gasteiger partial charge in [0.15, 0.2) is 5.16 Å². The minimum atomic E-state index is -4.55. The Balaban J connectivity index is 1.71. The average Bonchev–Trinajstić information content (AvgIpc) is 3.26. The monoisotopic (exact) mass is 452 g/mol. The van der Waals surface area contributed by atoms with E-state index in [-0.39, 0.29) is 24.7 Å². The molecular weight excluding hydrogens is 433 g/mol. The maximum atomic E-state index is 13.1. The maximum Gasteiger partial charge on any atom is 0.416 e. The Morgan fingerprint density at radius 1 is 1.16 bits per heavy atom. The minimum Gasteiger partial charge on any atom is -0.489 e. The van der Waals surface area contributed by atoms with Crippen LogP contribution in [0.3, 0.4) is 0 Å². The van der Waals surface area contributed by atoms with Crippen molar-refractivity contribution in [2.75, 3.05) is 25.6 Å². The van der Waals surface area contributed by atoms with Crippen LogP contribution in [0.4, 0.5) is 18.9 Å². The van der Waals surface area contributed by atoms with Gasteiger partial charge < -0.3 is 14.8 Å². The zero-order valence-electron chi connectivity index (χ0n) is 16.4. The number of nitrogens with one attached hydrogen (secondary N) is 2. The molecule has 0 aliphatic carbocycles. The number of thioether (sulfide) groups is 1. The van der Waals surface area contributed by atoms with E-state index in [2.05, 4.69) is 20.5 Å². The highest BCUT2D eigenvalue weighted by molar-refractivity contribution is 7.98. The lowest BCUT2D eigenvalue weighted by Crippen LogP contribution is -2.15. The number of hydrogen-bond acceptors (Lipinski definition) is 6. The van der Waals surface area contributed by atoms with Crippen molar-refractivity contribution >= 4 is 23.4 Å². The number of rotatable bonds is 9. The molecule has 31 heavy (non-hydrogen) atoms. The highest BCUT2D eigenvalue weighted by Gasteiger charge is 2.31. The van der Waals surface area contributed by atoms with Crippen molar-refractivity contribution in [1.82, 2.24) is 15.2 Å². The van der Waals surface area contributed by atoms with Gasteiger partial charge in [0.2, 0.25) is 0 Å². The van der Waals surface area contributed by atoms with Crippen molar-refractivity contribution in [3.8, 4) is 5.75 Å². The SMILES string of the molecule is COCCOc1ccc(C(F)(F)F)cc1NC(=O)c1ccc(CSc2ncn[nH]2)cc1. The number of aromatic amines is 1. The van der Waals surface area contributed by atoms with Crippen LogP contribution in [-0.2, 0) is 16.7 Å². The Morgan fingerprint density at radius 2 is 1.94 bits per heavy atom. The van der Waals surface area contributed by atoms with E-state index in [0.717, 1.165) is 17.7 Å². The molecule has 11 heteroatoms. The number of halogens is 3. The molecule has 0 atom stereocenters. The number of benzene rings is 2. The molecule has 0 aliphatic rings. The predicted octanol–water partition coefficient (Wildman–Crippen LogP) is 4.39. The average molecular weight is 452 g/mol. The van der Waals surface area contributed by atoms with Crippen LogP contribution >= 0.6 is 11.8 Å². The molecule has 2 N–H and O–H groups in total. The fourth-order valence-electron chi connectivity index (χ4n) is 2.53. The second kappa shape index (κ2) is 10.3. The normalized spacial score (nSPS) is 11.4. The third-order valence-corrected chi connectivity index (χ3v) is 5.03. The minimum absolute atomic E-state index is 0.0686. The van der Waals surface area contributed by atoms with Crippen molar-refractivity contribution in [3.63, 3.8) is 0 Å². The molecule has 0 spiro atoms. The summed E-state index contributed by atoms with van der Waals surface area (Å²) < 4.78 is 49.6. The Labute approximate surface area is 180 Å². The van der Waals surface area contributed by atoms with Crippen LogP contribution in [0.5, 0.6) is 5.75 Å². The van der Waals surface area contributed by atoms with Gasteiger partial charge in [-0.25, -0.2) is 4.98 Å². The van der Waals surface area contributed by atoms with E-state index in [1.54, 1.807) is 24.3 Å². The molecular formula is C20H19F3N4O3S. The molecule has 164 valence electrons.